The third kappa shape index (κ3) is 7.02. The summed E-state index contributed by atoms with van der Waals surface area (Å²) in [5.74, 6) is 0. The Labute approximate surface area is 63.8 Å². The molecule has 0 bridgehead atoms. The van der Waals surface area contributed by atoms with E-state index in [1.54, 1.807) is 0 Å². The normalized spacial score (nSPS) is 14.1. The molecule has 0 aromatic heterocycles. The fraction of sp³-hybridized carbons (Fsp3) is 1.00. The van der Waals surface area contributed by atoms with Crippen LogP contribution >= 0.6 is 34.2 Å². The van der Waals surface area contributed by atoms with Gasteiger partial charge in [0.1, 0.15) is 0 Å². The van der Waals surface area contributed by atoms with E-state index in [1.807, 2.05) is 0 Å². The lowest BCUT2D eigenvalue weighted by atomic mass is 10.3. The van der Waals surface area contributed by atoms with Gasteiger partial charge >= 0.3 is 0 Å². The SMILES string of the molecule is CCCCC(Cl)I. The molecule has 1 atom stereocenters. The van der Waals surface area contributed by atoms with E-state index < -0.39 is 0 Å². The van der Waals surface area contributed by atoms with E-state index in [0.717, 1.165) is 6.42 Å². The molecular formula is C5H10ClI. The van der Waals surface area contributed by atoms with Crippen LogP contribution in [-0.4, -0.2) is 3.38 Å². The van der Waals surface area contributed by atoms with Gasteiger partial charge in [0.25, 0.3) is 0 Å². The van der Waals surface area contributed by atoms with Crippen molar-refractivity contribution in [3.8, 4) is 0 Å². The van der Waals surface area contributed by atoms with Gasteiger partial charge in [-0.05, 0) is 6.42 Å². The van der Waals surface area contributed by atoms with Crippen LogP contribution in [0.3, 0.4) is 0 Å². The van der Waals surface area contributed by atoms with Crippen molar-refractivity contribution in [2.24, 2.45) is 0 Å². The number of unbranched alkanes of at least 4 members (excludes halogenated alkanes) is 1. The summed E-state index contributed by atoms with van der Waals surface area (Å²) in [7, 11) is 0. The molecule has 2 heteroatoms. The average molecular weight is 232 g/mol. The molecule has 44 valence electrons. The van der Waals surface area contributed by atoms with Crippen molar-refractivity contribution in [3.63, 3.8) is 0 Å². The van der Waals surface area contributed by atoms with Gasteiger partial charge in [0.15, 0.2) is 0 Å². The second-order valence-corrected chi connectivity index (χ2v) is 4.30. The van der Waals surface area contributed by atoms with Crippen LogP contribution in [0.5, 0.6) is 0 Å². The zero-order valence-corrected chi connectivity index (χ0v) is 7.37. The lowest BCUT2D eigenvalue weighted by Gasteiger charge is -1.94. The van der Waals surface area contributed by atoms with Crippen molar-refractivity contribution < 1.29 is 0 Å². The van der Waals surface area contributed by atoms with Gasteiger partial charge < -0.3 is 0 Å². The Balaban J connectivity index is 2.68. The Morgan fingerprint density at radius 2 is 2.29 bits per heavy atom. The summed E-state index contributed by atoms with van der Waals surface area (Å²) in [6, 6.07) is 0. The van der Waals surface area contributed by atoms with Crippen LogP contribution in [-0.2, 0) is 0 Å². The Bertz CT molecular complexity index is 37.1. The first-order chi connectivity index (χ1) is 3.27. The topological polar surface area (TPSA) is 0 Å². The molecular weight excluding hydrogens is 222 g/mol. The van der Waals surface area contributed by atoms with Crippen LogP contribution in [0.15, 0.2) is 0 Å². The molecule has 0 spiro atoms. The number of hydrogen-bond acceptors (Lipinski definition) is 0. The van der Waals surface area contributed by atoms with Gasteiger partial charge in [-0.25, -0.2) is 0 Å². The fourth-order valence-electron chi connectivity index (χ4n) is 0.358. The van der Waals surface area contributed by atoms with E-state index in [9.17, 15) is 0 Å². The molecule has 7 heavy (non-hydrogen) atoms. The summed E-state index contributed by atoms with van der Waals surface area (Å²) in [6.07, 6.45) is 3.67. The zero-order valence-electron chi connectivity index (χ0n) is 4.45. The van der Waals surface area contributed by atoms with Gasteiger partial charge in [0, 0.05) is 0 Å². The van der Waals surface area contributed by atoms with Crippen LogP contribution in [0, 0.1) is 0 Å². The summed E-state index contributed by atoms with van der Waals surface area (Å²) < 4.78 is 0.345. The zero-order chi connectivity index (χ0) is 5.70. The van der Waals surface area contributed by atoms with E-state index in [4.69, 9.17) is 11.6 Å². The first-order valence-corrected chi connectivity index (χ1v) is 4.23. The second-order valence-electron chi connectivity index (χ2n) is 1.53. The average Bonchev–Trinajstić information content (AvgIpc) is 1.61. The Morgan fingerprint density at radius 1 is 1.71 bits per heavy atom. The number of hydrogen-bond donors (Lipinski definition) is 0. The molecule has 0 fully saturated rings. The molecule has 0 amide bonds. The second kappa shape index (κ2) is 5.16. The summed E-state index contributed by atoms with van der Waals surface area (Å²) in [5.41, 5.74) is 0. The molecule has 0 N–H and O–H groups in total. The molecule has 0 aromatic rings. The highest BCUT2D eigenvalue weighted by atomic mass is 127. The first kappa shape index (κ1) is 8.02. The summed E-state index contributed by atoms with van der Waals surface area (Å²) in [5, 5.41) is 0. The molecule has 1 unspecified atom stereocenters. The van der Waals surface area contributed by atoms with Gasteiger partial charge in [0.05, 0.1) is 3.38 Å². The maximum absolute atomic E-state index is 5.64. The predicted octanol–water partition coefficient (Wildman–Crippen LogP) is 3.18. The monoisotopic (exact) mass is 232 g/mol. The van der Waals surface area contributed by atoms with E-state index in [0.29, 0.717) is 3.38 Å². The van der Waals surface area contributed by atoms with Crippen LogP contribution in [0.25, 0.3) is 0 Å². The van der Waals surface area contributed by atoms with Crippen molar-refractivity contribution in [2.45, 2.75) is 29.6 Å². The highest BCUT2D eigenvalue weighted by molar-refractivity contribution is 14.1. The number of rotatable bonds is 3. The number of halogens is 2. The molecule has 0 aliphatic carbocycles. The van der Waals surface area contributed by atoms with E-state index in [-0.39, 0.29) is 0 Å². The molecule has 0 heterocycles. The number of alkyl halides is 2. The van der Waals surface area contributed by atoms with Crippen LogP contribution in [0.4, 0.5) is 0 Å². The smallest absolute Gasteiger partial charge is 0.0850 e. The van der Waals surface area contributed by atoms with E-state index >= 15 is 0 Å². The van der Waals surface area contributed by atoms with Crippen molar-refractivity contribution in [1.29, 1.82) is 0 Å². The summed E-state index contributed by atoms with van der Waals surface area (Å²) >= 11 is 7.87. The lowest BCUT2D eigenvalue weighted by molar-refractivity contribution is 0.768. The quantitative estimate of drug-likeness (QED) is 0.518. The molecule has 0 aliphatic rings. The Kier molecular flexibility index (Phi) is 5.91. The van der Waals surface area contributed by atoms with Gasteiger partial charge in [0.2, 0.25) is 0 Å². The van der Waals surface area contributed by atoms with Crippen LogP contribution in [0.1, 0.15) is 26.2 Å². The van der Waals surface area contributed by atoms with Gasteiger partial charge in [-0.3, -0.25) is 0 Å². The molecule has 0 nitrogen and oxygen atoms in total. The Hall–Kier alpha value is 1.02. The summed E-state index contributed by atoms with van der Waals surface area (Å²) in [4.78, 5) is 0. The first-order valence-electron chi connectivity index (χ1n) is 2.55. The maximum Gasteiger partial charge on any atom is 0.0850 e. The lowest BCUT2D eigenvalue weighted by Crippen LogP contribution is -1.82. The highest BCUT2D eigenvalue weighted by Gasteiger charge is 1.93. The third-order valence-corrected chi connectivity index (χ3v) is 1.62. The molecule has 0 aliphatic heterocycles. The van der Waals surface area contributed by atoms with E-state index in [1.165, 1.54) is 12.8 Å². The maximum atomic E-state index is 5.64. The summed E-state index contributed by atoms with van der Waals surface area (Å²) in [6.45, 7) is 2.18. The molecule has 0 aromatic carbocycles. The van der Waals surface area contributed by atoms with Crippen molar-refractivity contribution in [3.05, 3.63) is 0 Å². The minimum absolute atomic E-state index is 0.345. The van der Waals surface area contributed by atoms with Crippen molar-refractivity contribution in [2.75, 3.05) is 0 Å². The highest BCUT2D eigenvalue weighted by Crippen LogP contribution is 2.13. The standard InChI is InChI=1S/C5H10ClI/c1-2-3-4-5(6)7/h5H,2-4H2,1H3. The molecule has 0 saturated heterocycles. The van der Waals surface area contributed by atoms with Crippen molar-refractivity contribution >= 4 is 34.2 Å². The van der Waals surface area contributed by atoms with Crippen molar-refractivity contribution in [1.82, 2.24) is 0 Å². The molecule has 0 rings (SSSR count). The van der Waals surface area contributed by atoms with Gasteiger partial charge in [-0.15, -0.1) is 11.6 Å². The minimum Gasteiger partial charge on any atom is -0.111 e. The van der Waals surface area contributed by atoms with Crippen LogP contribution in [0.2, 0.25) is 0 Å². The Morgan fingerprint density at radius 3 is 2.43 bits per heavy atom. The fourth-order valence-corrected chi connectivity index (χ4v) is 0.953. The van der Waals surface area contributed by atoms with Crippen LogP contribution < -0.4 is 0 Å². The predicted molar refractivity (Wildman–Crippen MR) is 43.2 cm³/mol. The van der Waals surface area contributed by atoms with Gasteiger partial charge in [-0.1, -0.05) is 42.4 Å². The van der Waals surface area contributed by atoms with E-state index in [2.05, 4.69) is 29.5 Å². The molecule has 0 saturated carbocycles. The van der Waals surface area contributed by atoms with Gasteiger partial charge in [-0.2, -0.15) is 0 Å². The minimum atomic E-state index is 0.345. The largest absolute Gasteiger partial charge is 0.111 e. The third-order valence-electron chi connectivity index (χ3n) is 0.776. The molecule has 0 radical (unpaired) electrons.